The number of benzene rings is 1. The third-order valence-corrected chi connectivity index (χ3v) is 3.66. The van der Waals surface area contributed by atoms with Gasteiger partial charge in [0.1, 0.15) is 12.2 Å². The van der Waals surface area contributed by atoms with Gasteiger partial charge in [-0.15, -0.1) is 11.8 Å². The maximum absolute atomic E-state index is 12.2. The summed E-state index contributed by atoms with van der Waals surface area (Å²) in [7, 11) is 0. The summed E-state index contributed by atoms with van der Waals surface area (Å²) < 4.78 is 0. The highest BCUT2D eigenvalue weighted by molar-refractivity contribution is 7.98. The molecule has 100 valence electrons. The highest BCUT2D eigenvalue weighted by Crippen LogP contribution is 2.23. The first-order valence-corrected chi connectivity index (χ1v) is 7.21. The Hall–Kier alpha value is -1.53. The zero-order valence-corrected chi connectivity index (χ0v) is 12.0. The molecule has 0 aliphatic carbocycles. The minimum Gasteiger partial charge on any atom is -0.342 e. The molecule has 19 heavy (non-hydrogen) atoms. The van der Waals surface area contributed by atoms with Crippen LogP contribution in [0.25, 0.3) is 0 Å². The van der Waals surface area contributed by atoms with E-state index >= 15 is 0 Å². The van der Waals surface area contributed by atoms with Crippen molar-refractivity contribution in [3.8, 4) is 0 Å². The van der Waals surface area contributed by atoms with E-state index in [1.807, 2.05) is 19.2 Å². The molecule has 2 N–H and O–H groups in total. The molecular formula is C12H13ClN4OS. The van der Waals surface area contributed by atoms with Crippen LogP contribution in [0.5, 0.6) is 0 Å². The van der Waals surface area contributed by atoms with Crippen molar-refractivity contribution in [1.82, 2.24) is 20.5 Å². The third kappa shape index (κ3) is 3.27. The maximum Gasteiger partial charge on any atom is 0.253 e. The van der Waals surface area contributed by atoms with Crippen molar-refractivity contribution in [3.05, 3.63) is 40.9 Å². The molecule has 2 rings (SSSR count). The smallest absolute Gasteiger partial charge is 0.253 e. The molecule has 0 radical (unpaired) electrons. The Morgan fingerprint density at radius 3 is 2.95 bits per heavy atom. The normalized spacial score (nSPS) is 12.2. The molecule has 0 aliphatic rings. The highest BCUT2D eigenvalue weighted by Gasteiger charge is 2.16. The Morgan fingerprint density at radius 2 is 2.32 bits per heavy atom. The van der Waals surface area contributed by atoms with E-state index in [1.54, 1.807) is 23.9 Å². The van der Waals surface area contributed by atoms with Gasteiger partial charge in [-0.3, -0.25) is 9.89 Å². The van der Waals surface area contributed by atoms with Crippen molar-refractivity contribution in [2.45, 2.75) is 17.9 Å². The van der Waals surface area contributed by atoms with Gasteiger partial charge >= 0.3 is 0 Å². The Balaban J connectivity index is 2.16. The first-order chi connectivity index (χ1) is 9.11. The molecule has 0 saturated carbocycles. The van der Waals surface area contributed by atoms with Gasteiger partial charge in [-0.25, -0.2) is 4.98 Å². The summed E-state index contributed by atoms with van der Waals surface area (Å²) in [6.07, 6.45) is 3.35. The van der Waals surface area contributed by atoms with Crippen LogP contribution in [0.15, 0.2) is 29.4 Å². The number of rotatable bonds is 4. The van der Waals surface area contributed by atoms with E-state index < -0.39 is 0 Å². The lowest BCUT2D eigenvalue weighted by molar-refractivity contribution is 0.0938. The summed E-state index contributed by atoms with van der Waals surface area (Å²) in [6, 6.07) is 5.12. The van der Waals surface area contributed by atoms with Crippen LogP contribution in [0.3, 0.4) is 0 Å². The number of hydrogen-bond donors (Lipinski definition) is 2. The van der Waals surface area contributed by atoms with E-state index in [-0.39, 0.29) is 11.9 Å². The number of H-pyrrole nitrogens is 1. The molecule has 0 aliphatic heterocycles. The molecule has 0 saturated heterocycles. The van der Waals surface area contributed by atoms with Crippen molar-refractivity contribution >= 4 is 29.3 Å². The molecular weight excluding hydrogens is 284 g/mol. The van der Waals surface area contributed by atoms with E-state index in [0.29, 0.717) is 16.4 Å². The standard InChI is InChI=1S/C12H13ClN4OS/c1-7(11-14-6-15-17-11)16-12(18)9-5-8(19-2)3-4-10(9)13/h3-7H,1-2H3,(H,16,18)(H,14,15,17). The minimum atomic E-state index is -0.260. The number of amides is 1. The Morgan fingerprint density at radius 1 is 1.53 bits per heavy atom. The van der Waals surface area contributed by atoms with Crippen LogP contribution < -0.4 is 5.32 Å². The lowest BCUT2D eigenvalue weighted by atomic mass is 10.2. The molecule has 0 spiro atoms. The van der Waals surface area contributed by atoms with Gasteiger partial charge in [0.15, 0.2) is 0 Å². The molecule has 0 bridgehead atoms. The largest absolute Gasteiger partial charge is 0.342 e. The summed E-state index contributed by atoms with van der Waals surface area (Å²) in [6.45, 7) is 1.82. The third-order valence-electron chi connectivity index (χ3n) is 2.61. The Bertz CT molecular complexity index is 573. The Labute approximate surface area is 120 Å². The number of carbonyl (C=O) groups excluding carboxylic acids is 1. The molecule has 2 aromatic rings. The molecule has 0 fully saturated rings. The quantitative estimate of drug-likeness (QED) is 0.851. The fourth-order valence-electron chi connectivity index (χ4n) is 1.57. The molecule has 1 aromatic carbocycles. The van der Waals surface area contributed by atoms with Crippen LogP contribution in [-0.2, 0) is 0 Å². The van der Waals surface area contributed by atoms with E-state index in [4.69, 9.17) is 11.6 Å². The second-order valence-corrected chi connectivity index (χ2v) is 5.20. The summed E-state index contributed by atoms with van der Waals surface area (Å²) in [5.74, 6) is 0.371. The van der Waals surface area contributed by atoms with E-state index in [1.165, 1.54) is 6.33 Å². The Kier molecular flexibility index (Phi) is 4.44. The monoisotopic (exact) mass is 296 g/mol. The zero-order chi connectivity index (χ0) is 13.8. The maximum atomic E-state index is 12.2. The molecule has 1 atom stereocenters. The first-order valence-electron chi connectivity index (χ1n) is 5.61. The predicted molar refractivity (Wildman–Crippen MR) is 75.5 cm³/mol. The van der Waals surface area contributed by atoms with Gasteiger partial charge in [0.25, 0.3) is 5.91 Å². The van der Waals surface area contributed by atoms with Gasteiger partial charge < -0.3 is 5.32 Å². The number of carbonyl (C=O) groups is 1. The summed E-state index contributed by atoms with van der Waals surface area (Å²) in [5, 5.41) is 9.72. The number of aromatic nitrogens is 3. The molecule has 7 heteroatoms. The van der Waals surface area contributed by atoms with Crippen molar-refractivity contribution in [3.63, 3.8) is 0 Å². The van der Waals surface area contributed by atoms with Gasteiger partial charge in [0, 0.05) is 4.90 Å². The number of thioether (sulfide) groups is 1. The van der Waals surface area contributed by atoms with Crippen molar-refractivity contribution in [1.29, 1.82) is 0 Å². The molecule has 5 nitrogen and oxygen atoms in total. The molecule has 1 aromatic heterocycles. The number of nitrogens with zero attached hydrogens (tertiary/aromatic N) is 2. The number of halogens is 1. The fraction of sp³-hybridized carbons (Fsp3) is 0.250. The first kappa shape index (κ1) is 13.9. The molecule has 1 unspecified atom stereocenters. The van der Waals surface area contributed by atoms with Crippen LogP contribution in [-0.4, -0.2) is 27.3 Å². The van der Waals surface area contributed by atoms with Crippen molar-refractivity contribution < 1.29 is 4.79 Å². The summed E-state index contributed by atoms with van der Waals surface area (Å²) >= 11 is 7.61. The van der Waals surface area contributed by atoms with Crippen molar-refractivity contribution in [2.75, 3.05) is 6.26 Å². The van der Waals surface area contributed by atoms with Gasteiger partial charge in [0.05, 0.1) is 16.6 Å². The van der Waals surface area contributed by atoms with Gasteiger partial charge in [0.2, 0.25) is 0 Å². The molecule has 1 amide bonds. The lowest BCUT2D eigenvalue weighted by Gasteiger charge is -2.12. The molecule has 1 heterocycles. The number of hydrogen-bond acceptors (Lipinski definition) is 4. The average molecular weight is 297 g/mol. The fourth-order valence-corrected chi connectivity index (χ4v) is 2.21. The van der Waals surface area contributed by atoms with Crippen LogP contribution in [0.4, 0.5) is 0 Å². The van der Waals surface area contributed by atoms with Crippen LogP contribution in [0, 0.1) is 0 Å². The second kappa shape index (κ2) is 6.08. The predicted octanol–water partition coefficient (Wildman–Crippen LogP) is 2.67. The van der Waals surface area contributed by atoms with E-state index in [2.05, 4.69) is 20.5 Å². The van der Waals surface area contributed by atoms with Crippen LogP contribution >= 0.6 is 23.4 Å². The van der Waals surface area contributed by atoms with Gasteiger partial charge in [-0.2, -0.15) is 5.10 Å². The summed E-state index contributed by atoms with van der Waals surface area (Å²) in [5.41, 5.74) is 0.458. The number of aromatic amines is 1. The van der Waals surface area contributed by atoms with Crippen LogP contribution in [0.1, 0.15) is 29.1 Å². The topological polar surface area (TPSA) is 70.7 Å². The number of nitrogens with one attached hydrogen (secondary N) is 2. The van der Waals surface area contributed by atoms with Crippen molar-refractivity contribution in [2.24, 2.45) is 0 Å². The van der Waals surface area contributed by atoms with E-state index in [0.717, 1.165) is 4.90 Å². The lowest BCUT2D eigenvalue weighted by Crippen LogP contribution is -2.27. The zero-order valence-electron chi connectivity index (χ0n) is 10.5. The highest BCUT2D eigenvalue weighted by atomic mass is 35.5. The second-order valence-electron chi connectivity index (χ2n) is 3.91. The van der Waals surface area contributed by atoms with Gasteiger partial charge in [-0.1, -0.05) is 11.6 Å². The summed E-state index contributed by atoms with van der Waals surface area (Å²) in [4.78, 5) is 17.2. The van der Waals surface area contributed by atoms with Crippen LogP contribution in [0.2, 0.25) is 5.02 Å². The minimum absolute atomic E-state index is 0.232. The SMILES string of the molecule is CSc1ccc(Cl)c(C(=O)NC(C)c2ncn[nH]2)c1. The van der Waals surface area contributed by atoms with Gasteiger partial charge in [-0.05, 0) is 31.4 Å². The average Bonchev–Trinajstić information content (AvgIpc) is 2.93. The van der Waals surface area contributed by atoms with E-state index in [9.17, 15) is 4.79 Å².